The zero-order valence-corrected chi connectivity index (χ0v) is 13.7. The lowest BCUT2D eigenvalue weighted by atomic mass is 10.2. The molecule has 1 heterocycles. The van der Waals surface area contributed by atoms with Crippen LogP contribution in [0, 0.1) is 6.92 Å². The number of aromatic carboxylic acids is 1. The predicted octanol–water partition coefficient (Wildman–Crippen LogP) is 1.71. The third-order valence-electron chi connectivity index (χ3n) is 2.96. The van der Waals surface area contributed by atoms with E-state index in [-0.39, 0.29) is 22.6 Å². The van der Waals surface area contributed by atoms with Crippen LogP contribution in [0.3, 0.4) is 0 Å². The van der Waals surface area contributed by atoms with E-state index in [1.54, 1.807) is 19.1 Å². The van der Waals surface area contributed by atoms with Crippen molar-refractivity contribution in [3.63, 3.8) is 0 Å². The van der Waals surface area contributed by atoms with Gasteiger partial charge in [-0.05, 0) is 36.8 Å². The van der Waals surface area contributed by atoms with Crippen LogP contribution >= 0.6 is 0 Å². The lowest BCUT2D eigenvalue weighted by Gasteiger charge is -2.12. The Hall–Kier alpha value is -2.94. The molecule has 1 aromatic carbocycles. The van der Waals surface area contributed by atoms with E-state index < -0.39 is 21.9 Å². The number of nitrogens with one attached hydrogen (secondary N) is 2. The van der Waals surface area contributed by atoms with E-state index in [4.69, 9.17) is 5.11 Å². The van der Waals surface area contributed by atoms with Gasteiger partial charge in [-0.2, -0.15) is 0 Å². The molecule has 0 aliphatic heterocycles. The van der Waals surface area contributed by atoms with Crippen molar-refractivity contribution in [2.75, 3.05) is 16.3 Å². The van der Waals surface area contributed by atoms with E-state index in [9.17, 15) is 18.0 Å². The SMILES string of the molecule is Cc1ccc(NS(C)(=O)=O)c(NC(=O)c2ccc(C(=O)O)cn2)c1. The molecule has 9 heteroatoms. The van der Waals surface area contributed by atoms with E-state index in [2.05, 4.69) is 15.0 Å². The minimum Gasteiger partial charge on any atom is -0.478 e. The van der Waals surface area contributed by atoms with Gasteiger partial charge in [0.15, 0.2) is 0 Å². The van der Waals surface area contributed by atoms with Crippen LogP contribution in [0.1, 0.15) is 26.4 Å². The fraction of sp³-hybridized carbons (Fsp3) is 0.133. The molecule has 0 aliphatic rings. The number of benzene rings is 1. The Labute approximate surface area is 138 Å². The number of sulfonamides is 1. The normalized spacial score (nSPS) is 10.9. The number of carbonyl (C=O) groups excluding carboxylic acids is 1. The van der Waals surface area contributed by atoms with Crippen molar-refractivity contribution in [3.05, 3.63) is 53.3 Å². The van der Waals surface area contributed by atoms with Crippen molar-refractivity contribution in [1.29, 1.82) is 0 Å². The Morgan fingerprint density at radius 3 is 2.38 bits per heavy atom. The molecule has 24 heavy (non-hydrogen) atoms. The molecule has 0 atom stereocenters. The van der Waals surface area contributed by atoms with Crippen LogP contribution < -0.4 is 10.0 Å². The van der Waals surface area contributed by atoms with Gasteiger partial charge in [0.1, 0.15) is 5.69 Å². The molecule has 0 radical (unpaired) electrons. The Balaban J connectivity index is 2.27. The first-order valence-corrected chi connectivity index (χ1v) is 8.64. The van der Waals surface area contributed by atoms with Gasteiger partial charge < -0.3 is 10.4 Å². The van der Waals surface area contributed by atoms with Crippen molar-refractivity contribution >= 4 is 33.3 Å². The van der Waals surface area contributed by atoms with E-state index in [0.717, 1.165) is 18.0 Å². The standard InChI is InChI=1S/C15H15N3O5S/c1-9-3-5-11(18-24(2,22)23)13(7-9)17-14(19)12-6-4-10(8-16-12)15(20)21/h3-8,18H,1-2H3,(H,17,19)(H,20,21). The number of aromatic nitrogens is 1. The Morgan fingerprint density at radius 1 is 1.12 bits per heavy atom. The maximum Gasteiger partial charge on any atom is 0.337 e. The number of aryl methyl sites for hydroxylation is 1. The summed E-state index contributed by atoms with van der Waals surface area (Å²) in [6.07, 6.45) is 2.08. The van der Waals surface area contributed by atoms with Crippen molar-refractivity contribution in [1.82, 2.24) is 4.98 Å². The number of carboxylic acids is 1. The lowest BCUT2D eigenvalue weighted by molar-refractivity contribution is 0.0695. The number of carboxylic acid groups (broad SMARTS) is 1. The smallest absolute Gasteiger partial charge is 0.337 e. The van der Waals surface area contributed by atoms with Crippen LogP contribution in [-0.2, 0) is 10.0 Å². The summed E-state index contributed by atoms with van der Waals surface area (Å²) in [5, 5.41) is 11.4. The highest BCUT2D eigenvalue weighted by Gasteiger charge is 2.14. The third kappa shape index (κ3) is 4.53. The molecule has 0 saturated carbocycles. The molecule has 0 aliphatic carbocycles. The molecule has 2 rings (SSSR count). The maximum absolute atomic E-state index is 12.2. The Morgan fingerprint density at radius 2 is 1.83 bits per heavy atom. The van der Waals surface area contributed by atoms with E-state index in [1.165, 1.54) is 18.2 Å². The van der Waals surface area contributed by atoms with E-state index in [1.807, 2.05) is 0 Å². The molecule has 0 fully saturated rings. The number of hydrogen-bond acceptors (Lipinski definition) is 5. The number of hydrogen-bond donors (Lipinski definition) is 3. The van der Waals surface area contributed by atoms with Gasteiger partial charge >= 0.3 is 5.97 Å². The Kier molecular flexibility index (Phi) is 4.84. The van der Waals surface area contributed by atoms with Crippen molar-refractivity contribution in [2.45, 2.75) is 6.92 Å². The van der Waals surface area contributed by atoms with Crippen LogP contribution in [0.2, 0.25) is 0 Å². The van der Waals surface area contributed by atoms with Gasteiger partial charge in [0.2, 0.25) is 10.0 Å². The van der Waals surface area contributed by atoms with Crippen molar-refractivity contribution in [2.24, 2.45) is 0 Å². The first-order chi connectivity index (χ1) is 11.2. The minimum absolute atomic E-state index is 0.00631. The number of anilines is 2. The molecular weight excluding hydrogens is 334 g/mol. The van der Waals surface area contributed by atoms with Gasteiger partial charge in [-0.15, -0.1) is 0 Å². The van der Waals surface area contributed by atoms with Gasteiger partial charge in [-0.3, -0.25) is 14.5 Å². The fourth-order valence-corrected chi connectivity index (χ4v) is 2.47. The van der Waals surface area contributed by atoms with Crippen LogP contribution in [0.4, 0.5) is 11.4 Å². The molecule has 0 bridgehead atoms. The average molecular weight is 349 g/mol. The van der Waals surface area contributed by atoms with Gasteiger partial charge in [-0.25, -0.2) is 13.2 Å². The number of pyridine rings is 1. The summed E-state index contributed by atoms with van der Waals surface area (Å²) in [5.41, 5.74) is 1.28. The second kappa shape index (κ2) is 6.67. The number of carbonyl (C=O) groups is 2. The van der Waals surface area contributed by atoms with Crippen LogP contribution in [0.5, 0.6) is 0 Å². The van der Waals surface area contributed by atoms with Gasteiger partial charge in [0.25, 0.3) is 5.91 Å². The zero-order valence-electron chi connectivity index (χ0n) is 12.9. The van der Waals surface area contributed by atoms with E-state index in [0.29, 0.717) is 0 Å². The zero-order chi connectivity index (χ0) is 17.9. The minimum atomic E-state index is -3.51. The van der Waals surface area contributed by atoms with E-state index >= 15 is 0 Å². The predicted molar refractivity (Wildman–Crippen MR) is 88.8 cm³/mol. The second-order valence-corrected chi connectivity index (χ2v) is 6.86. The van der Waals surface area contributed by atoms with Crippen LogP contribution in [0.15, 0.2) is 36.5 Å². The molecule has 2 aromatic rings. The lowest BCUT2D eigenvalue weighted by Crippen LogP contribution is -2.17. The second-order valence-electron chi connectivity index (χ2n) is 5.11. The molecule has 1 amide bonds. The number of rotatable bonds is 5. The molecule has 126 valence electrons. The summed E-state index contributed by atoms with van der Waals surface area (Å²) in [4.78, 5) is 26.8. The summed E-state index contributed by atoms with van der Waals surface area (Å²) < 4.78 is 25.1. The quantitative estimate of drug-likeness (QED) is 0.754. The van der Waals surface area contributed by atoms with Crippen molar-refractivity contribution in [3.8, 4) is 0 Å². The van der Waals surface area contributed by atoms with Crippen LogP contribution in [-0.4, -0.2) is 36.6 Å². The summed E-state index contributed by atoms with van der Waals surface area (Å²) >= 11 is 0. The molecule has 0 spiro atoms. The molecule has 8 nitrogen and oxygen atoms in total. The highest BCUT2D eigenvalue weighted by atomic mass is 32.2. The van der Waals surface area contributed by atoms with Crippen molar-refractivity contribution < 1.29 is 23.1 Å². The summed E-state index contributed by atoms with van der Waals surface area (Å²) in [6, 6.07) is 7.38. The summed E-state index contributed by atoms with van der Waals surface area (Å²) in [7, 11) is -3.51. The molecule has 1 aromatic heterocycles. The average Bonchev–Trinajstić information content (AvgIpc) is 2.49. The number of nitrogens with zero attached hydrogens (tertiary/aromatic N) is 1. The summed E-state index contributed by atoms with van der Waals surface area (Å²) in [6.45, 7) is 1.79. The number of amides is 1. The first kappa shape index (κ1) is 17.4. The van der Waals surface area contributed by atoms with Gasteiger partial charge in [-0.1, -0.05) is 6.07 Å². The maximum atomic E-state index is 12.2. The highest BCUT2D eigenvalue weighted by Crippen LogP contribution is 2.24. The highest BCUT2D eigenvalue weighted by molar-refractivity contribution is 7.92. The first-order valence-electron chi connectivity index (χ1n) is 6.75. The monoisotopic (exact) mass is 349 g/mol. The molecule has 3 N–H and O–H groups in total. The largest absolute Gasteiger partial charge is 0.478 e. The summed E-state index contributed by atoms with van der Waals surface area (Å²) in [5.74, 6) is -1.73. The van der Waals surface area contributed by atoms with Crippen LogP contribution in [0.25, 0.3) is 0 Å². The molecule has 0 unspecified atom stereocenters. The fourth-order valence-electron chi connectivity index (χ4n) is 1.89. The molecular formula is C15H15N3O5S. The third-order valence-corrected chi connectivity index (χ3v) is 3.55. The molecule has 0 saturated heterocycles. The topological polar surface area (TPSA) is 125 Å². The van der Waals surface area contributed by atoms with Gasteiger partial charge in [0, 0.05) is 6.20 Å². The van der Waals surface area contributed by atoms with Gasteiger partial charge in [0.05, 0.1) is 23.2 Å². The Bertz CT molecular complexity index is 892.